The van der Waals surface area contributed by atoms with Gasteiger partial charge in [0, 0.05) is 11.8 Å². The first-order valence-electron chi connectivity index (χ1n) is 2.76. The number of nitrogens with two attached hydrogens (primary N) is 1. The Balaban J connectivity index is 3.17. The molecule has 0 aliphatic heterocycles. The number of hydrogen-bond acceptors (Lipinski definition) is 3. The van der Waals surface area contributed by atoms with Gasteiger partial charge in [-0.3, -0.25) is 4.98 Å². The van der Waals surface area contributed by atoms with Crippen molar-refractivity contribution >= 4 is 19.3 Å². The van der Waals surface area contributed by atoms with Crippen LogP contribution >= 0.6 is 0 Å². The van der Waals surface area contributed by atoms with Gasteiger partial charge in [-0.05, 0) is 6.92 Å². The van der Waals surface area contributed by atoms with Crippen molar-refractivity contribution < 1.29 is 0 Å². The fraction of sp³-hybridized carbons (Fsp3) is 0.200. The number of hydrogen-bond donors (Lipinski definition) is 1. The van der Waals surface area contributed by atoms with Crippen LogP contribution < -0.4 is 11.3 Å². The Morgan fingerprint density at radius 3 is 2.78 bits per heavy atom. The maximum absolute atomic E-state index is 5.42. The van der Waals surface area contributed by atoms with E-state index in [1.165, 1.54) is 0 Å². The van der Waals surface area contributed by atoms with E-state index in [-0.39, 0.29) is 0 Å². The van der Waals surface area contributed by atoms with Crippen LogP contribution in [0.4, 0.5) is 5.82 Å². The first-order chi connectivity index (χ1) is 4.20. The molecule has 1 aromatic heterocycles. The van der Waals surface area contributed by atoms with Gasteiger partial charge in [-0.2, -0.15) is 0 Å². The van der Waals surface area contributed by atoms with E-state index in [1.54, 1.807) is 6.20 Å². The molecule has 0 saturated carbocycles. The lowest BCUT2D eigenvalue weighted by atomic mass is 10.1. The van der Waals surface area contributed by atoms with Crippen LogP contribution in [0.25, 0.3) is 0 Å². The fourth-order valence-corrected chi connectivity index (χ4v) is 0.607. The van der Waals surface area contributed by atoms with Gasteiger partial charge in [-0.25, -0.2) is 4.98 Å². The first kappa shape index (κ1) is 6.07. The van der Waals surface area contributed by atoms with E-state index < -0.39 is 0 Å². The summed E-state index contributed by atoms with van der Waals surface area (Å²) in [5.41, 5.74) is 7.12. The van der Waals surface area contributed by atoms with Gasteiger partial charge in [0.15, 0.2) is 7.85 Å². The molecule has 0 aromatic carbocycles. The minimum absolute atomic E-state index is 0.514. The molecular weight excluding hydrogens is 113 g/mol. The maximum Gasteiger partial charge on any atom is 0.166 e. The molecule has 0 amide bonds. The third-order valence-electron chi connectivity index (χ3n) is 1.11. The van der Waals surface area contributed by atoms with Crippen LogP contribution in [0.5, 0.6) is 0 Å². The topological polar surface area (TPSA) is 51.8 Å². The molecule has 4 heteroatoms. The molecule has 0 unspecified atom stereocenters. The highest BCUT2D eigenvalue weighted by Crippen LogP contribution is 1.96. The van der Waals surface area contributed by atoms with Gasteiger partial charge in [0.25, 0.3) is 0 Å². The molecule has 1 aromatic rings. The van der Waals surface area contributed by atoms with Gasteiger partial charge in [-0.15, -0.1) is 0 Å². The molecule has 0 aliphatic rings. The van der Waals surface area contributed by atoms with Crippen molar-refractivity contribution in [2.45, 2.75) is 6.92 Å². The van der Waals surface area contributed by atoms with Crippen LogP contribution in [-0.4, -0.2) is 17.8 Å². The second-order valence-corrected chi connectivity index (χ2v) is 1.98. The molecule has 0 radical (unpaired) electrons. The second-order valence-electron chi connectivity index (χ2n) is 1.98. The molecule has 3 nitrogen and oxygen atoms in total. The molecule has 0 bridgehead atoms. The van der Waals surface area contributed by atoms with E-state index in [4.69, 9.17) is 5.73 Å². The average molecular weight is 121 g/mol. The van der Waals surface area contributed by atoms with Gasteiger partial charge < -0.3 is 5.73 Å². The molecule has 0 spiro atoms. The summed E-state index contributed by atoms with van der Waals surface area (Å²) < 4.78 is 0. The van der Waals surface area contributed by atoms with E-state index in [0.717, 1.165) is 11.3 Å². The van der Waals surface area contributed by atoms with Crippen molar-refractivity contribution in [2.24, 2.45) is 0 Å². The van der Waals surface area contributed by atoms with E-state index in [1.807, 2.05) is 14.8 Å². The molecule has 2 N–H and O–H groups in total. The highest BCUT2D eigenvalue weighted by Gasteiger charge is 1.93. The monoisotopic (exact) mass is 121 g/mol. The zero-order valence-corrected chi connectivity index (χ0v) is 5.55. The SMILES string of the molecule is Bc1cnc(N)c(C)n1. The molecule has 1 heterocycles. The Kier molecular flexibility index (Phi) is 1.38. The highest BCUT2D eigenvalue weighted by atomic mass is 14.9. The molecule has 0 atom stereocenters. The summed E-state index contributed by atoms with van der Waals surface area (Å²) in [7, 11) is 1.89. The molecule has 0 saturated heterocycles. The van der Waals surface area contributed by atoms with E-state index in [0.29, 0.717) is 5.82 Å². The minimum atomic E-state index is 0.514. The summed E-state index contributed by atoms with van der Waals surface area (Å²) in [6.07, 6.45) is 1.66. The molecule has 9 heavy (non-hydrogen) atoms. The summed E-state index contributed by atoms with van der Waals surface area (Å²) >= 11 is 0. The van der Waals surface area contributed by atoms with Crippen molar-refractivity contribution in [2.75, 3.05) is 5.73 Å². The Labute approximate surface area is 54.7 Å². The number of aromatic nitrogens is 2. The van der Waals surface area contributed by atoms with Gasteiger partial charge in [0.05, 0.1) is 5.69 Å². The van der Waals surface area contributed by atoms with Crippen molar-refractivity contribution in [3.05, 3.63) is 11.9 Å². The highest BCUT2D eigenvalue weighted by molar-refractivity contribution is 6.30. The van der Waals surface area contributed by atoms with E-state index in [2.05, 4.69) is 9.97 Å². The zero-order chi connectivity index (χ0) is 6.85. The van der Waals surface area contributed by atoms with Crippen LogP contribution in [0.3, 0.4) is 0 Å². The molecule has 1 rings (SSSR count). The predicted octanol–water partition coefficient (Wildman–Crippen LogP) is -1.37. The summed E-state index contributed by atoms with van der Waals surface area (Å²) in [6, 6.07) is 0. The van der Waals surface area contributed by atoms with Crippen LogP contribution in [0.15, 0.2) is 6.20 Å². The Hall–Kier alpha value is -1.06. The Morgan fingerprint density at radius 1 is 1.67 bits per heavy atom. The largest absolute Gasteiger partial charge is 0.382 e. The van der Waals surface area contributed by atoms with Crippen molar-refractivity contribution in [1.82, 2.24) is 9.97 Å². The predicted molar refractivity (Wildman–Crippen MR) is 39.4 cm³/mol. The standard InChI is InChI=1S/C5H8BN3/c1-3-5(7)8-2-4(6)9-3/h2H,6H2,1H3,(H2,7,8). The Morgan fingerprint density at radius 2 is 2.33 bits per heavy atom. The summed E-state index contributed by atoms with van der Waals surface area (Å²) in [6.45, 7) is 1.84. The average Bonchev–Trinajstić information content (AvgIpc) is 1.80. The normalized spacial score (nSPS) is 9.44. The smallest absolute Gasteiger partial charge is 0.166 e. The van der Waals surface area contributed by atoms with Gasteiger partial charge in [-0.1, -0.05) is 0 Å². The van der Waals surface area contributed by atoms with Crippen molar-refractivity contribution in [3.63, 3.8) is 0 Å². The van der Waals surface area contributed by atoms with Crippen molar-refractivity contribution in [1.29, 1.82) is 0 Å². The van der Waals surface area contributed by atoms with Crippen molar-refractivity contribution in [3.8, 4) is 0 Å². The van der Waals surface area contributed by atoms with Gasteiger partial charge >= 0.3 is 0 Å². The molecular formula is C5H8BN3. The lowest BCUT2D eigenvalue weighted by Gasteiger charge is -1.96. The molecule has 0 fully saturated rings. The lowest BCUT2D eigenvalue weighted by Crippen LogP contribution is -2.12. The number of rotatable bonds is 0. The third kappa shape index (κ3) is 1.19. The van der Waals surface area contributed by atoms with E-state index in [9.17, 15) is 0 Å². The number of anilines is 1. The lowest BCUT2D eigenvalue weighted by molar-refractivity contribution is 1.16. The van der Waals surface area contributed by atoms with Gasteiger partial charge in [0.1, 0.15) is 5.82 Å². The van der Waals surface area contributed by atoms with Gasteiger partial charge in [0.2, 0.25) is 0 Å². The Bertz CT molecular complexity index is 223. The first-order valence-corrected chi connectivity index (χ1v) is 2.76. The third-order valence-corrected chi connectivity index (χ3v) is 1.11. The van der Waals surface area contributed by atoms with Crippen LogP contribution in [-0.2, 0) is 0 Å². The zero-order valence-electron chi connectivity index (χ0n) is 5.55. The summed E-state index contributed by atoms with van der Waals surface area (Å²) in [5.74, 6) is 0.514. The van der Waals surface area contributed by atoms with E-state index >= 15 is 0 Å². The second kappa shape index (κ2) is 2.05. The molecule has 0 aliphatic carbocycles. The number of nitrogens with zero attached hydrogens (tertiary/aromatic N) is 2. The number of aryl methyl sites for hydroxylation is 1. The van der Waals surface area contributed by atoms with Crippen LogP contribution in [0.1, 0.15) is 5.69 Å². The molecule has 46 valence electrons. The summed E-state index contributed by atoms with van der Waals surface area (Å²) in [5, 5.41) is 0. The van der Waals surface area contributed by atoms with Crippen LogP contribution in [0, 0.1) is 6.92 Å². The fourth-order valence-electron chi connectivity index (χ4n) is 0.607. The summed E-state index contributed by atoms with van der Waals surface area (Å²) in [4.78, 5) is 7.98. The minimum Gasteiger partial charge on any atom is -0.382 e. The van der Waals surface area contributed by atoms with Crippen LogP contribution in [0.2, 0.25) is 0 Å². The maximum atomic E-state index is 5.42. The number of nitrogen functional groups attached to an aromatic ring is 1. The quantitative estimate of drug-likeness (QED) is 0.430.